The SMILES string of the molecule is CCc1cc(Nc2ncc(Cl)c(Nc3ccc4nccnc4c3N(C)S(=O)(=O)C3CC3)n2)c(OC(F)(F)F)cc1N1CCC(N2CCN(C)CC2)CC1. The molecule has 18 heteroatoms. The van der Waals surface area contributed by atoms with Crippen LogP contribution in [-0.2, 0) is 16.4 Å². The van der Waals surface area contributed by atoms with Gasteiger partial charge in [-0.1, -0.05) is 18.5 Å². The lowest BCUT2D eigenvalue weighted by molar-refractivity contribution is -0.274. The largest absolute Gasteiger partial charge is 0.573 e. The van der Waals surface area contributed by atoms with Crippen LogP contribution in [0.15, 0.2) is 42.9 Å². The molecule has 53 heavy (non-hydrogen) atoms. The van der Waals surface area contributed by atoms with Crippen LogP contribution in [0.1, 0.15) is 38.2 Å². The van der Waals surface area contributed by atoms with Gasteiger partial charge >= 0.3 is 6.36 Å². The lowest BCUT2D eigenvalue weighted by Gasteiger charge is -2.43. The van der Waals surface area contributed by atoms with Gasteiger partial charge < -0.3 is 25.2 Å². The molecule has 1 saturated carbocycles. The molecule has 3 fully saturated rings. The number of hydrogen-bond donors (Lipinski definition) is 2. The molecule has 2 aromatic heterocycles. The van der Waals surface area contributed by atoms with Crippen molar-refractivity contribution in [1.29, 1.82) is 0 Å². The molecule has 4 heterocycles. The molecule has 3 aliphatic rings. The standard InChI is InChI=1S/C35H42ClF3N10O3S/c1-4-22-19-28(30(52-35(37,38)39)20-29(22)49-13-9-23(10-14-49)48-17-15-46(2)16-18-48)44-34-42-21-25(36)33(45-34)43-27-8-7-26-31(41-12-11-40-26)32(27)47(3)53(50,51)24-5-6-24/h7-8,11-12,19-21,23-24H,4-6,9-10,13-18H2,1-3H3,(H2,42,43,44,45). The van der Waals surface area contributed by atoms with Gasteiger partial charge in [0.05, 0.1) is 28.3 Å². The van der Waals surface area contributed by atoms with E-state index in [9.17, 15) is 21.6 Å². The van der Waals surface area contributed by atoms with E-state index in [0.717, 1.165) is 57.7 Å². The zero-order chi connectivity index (χ0) is 37.5. The van der Waals surface area contributed by atoms with Gasteiger partial charge in [-0.15, -0.1) is 13.2 Å². The maximum Gasteiger partial charge on any atom is 0.573 e. The zero-order valence-electron chi connectivity index (χ0n) is 29.7. The monoisotopic (exact) mass is 774 g/mol. The highest BCUT2D eigenvalue weighted by Gasteiger charge is 2.40. The Bertz CT molecular complexity index is 2070. The van der Waals surface area contributed by atoms with Crippen LogP contribution >= 0.6 is 11.6 Å². The normalized spacial score (nSPS) is 18.0. The maximum absolute atomic E-state index is 13.8. The summed E-state index contributed by atoms with van der Waals surface area (Å²) in [6.45, 7) is 7.50. The number of piperidine rings is 1. The molecule has 13 nitrogen and oxygen atoms in total. The van der Waals surface area contributed by atoms with Crippen LogP contribution in [-0.4, -0.2) is 109 Å². The molecule has 0 unspecified atom stereocenters. The van der Waals surface area contributed by atoms with E-state index in [0.29, 0.717) is 47.7 Å². The number of benzene rings is 2. The number of nitrogens with one attached hydrogen (secondary N) is 2. The third kappa shape index (κ3) is 8.17. The number of ether oxygens (including phenoxy) is 1. The van der Waals surface area contributed by atoms with Gasteiger partial charge in [-0.05, 0) is 62.9 Å². The van der Waals surface area contributed by atoms with Crippen LogP contribution in [0.25, 0.3) is 11.0 Å². The van der Waals surface area contributed by atoms with E-state index >= 15 is 0 Å². The molecule has 0 spiro atoms. The number of nitrogens with zero attached hydrogens (tertiary/aromatic N) is 8. The summed E-state index contributed by atoms with van der Waals surface area (Å²) in [7, 11) is -0.107. The fraction of sp³-hybridized carbons (Fsp3) is 0.486. The van der Waals surface area contributed by atoms with Gasteiger partial charge in [-0.2, -0.15) is 4.98 Å². The number of piperazine rings is 1. The number of alkyl halides is 3. The Kier molecular flexibility index (Phi) is 10.5. The number of anilines is 6. The minimum absolute atomic E-state index is 0.0282. The van der Waals surface area contributed by atoms with Crippen molar-refractivity contribution in [2.75, 3.05) is 73.2 Å². The Labute approximate surface area is 311 Å². The predicted octanol–water partition coefficient (Wildman–Crippen LogP) is 6.17. The van der Waals surface area contributed by atoms with Crippen molar-refractivity contribution in [2.24, 2.45) is 0 Å². The number of halogens is 4. The molecule has 4 aromatic rings. The first-order chi connectivity index (χ1) is 25.3. The van der Waals surface area contributed by atoms with Gasteiger partial charge in [0.2, 0.25) is 16.0 Å². The highest BCUT2D eigenvalue weighted by Crippen LogP contribution is 2.42. The summed E-state index contributed by atoms with van der Waals surface area (Å²) >= 11 is 6.53. The third-order valence-corrected chi connectivity index (χ3v) is 12.7. The number of likely N-dealkylation sites (N-methyl/N-ethyl adjacent to an activating group) is 1. The van der Waals surface area contributed by atoms with Crippen molar-refractivity contribution in [1.82, 2.24) is 29.7 Å². The average molecular weight is 775 g/mol. The number of rotatable bonds is 11. The molecular weight excluding hydrogens is 733 g/mol. The third-order valence-electron chi connectivity index (χ3n) is 10.1. The summed E-state index contributed by atoms with van der Waals surface area (Å²) in [5.41, 5.74) is 2.97. The number of sulfonamides is 1. The fourth-order valence-corrected chi connectivity index (χ4v) is 8.84. The van der Waals surface area contributed by atoms with Gasteiger partial charge in [-0.3, -0.25) is 19.2 Å². The molecule has 0 bridgehead atoms. The molecule has 2 N–H and O–H groups in total. The van der Waals surface area contributed by atoms with Gasteiger partial charge in [0.25, 0.3) is 0 Å². The average Bonchev–Trinajstić information content (AvgIpc) is 4.00. The summed E-state index contributed by atoms with van der Waals surface area (Å²) in [4.78, 5) is 24.5. The van der Waals surface area contributed by atoms with E-state index in [4.69, 9.17) is 11.6 Å². The minimum Gasteiger partial charge on any atom is -0.403 e. The smallest absolute Gasteiger partial charge is 0.403 e. The second-order valence-electron chi connectivity index (χ2n) is 13.7. The van der Waals surface area contributed by atoms with Gasteiger partial charge in [0, 0.05) is 76.5 Å². The van der Waals surface area contributed by atoms with E-state index in [-0.39, 0.29) is 28.2 Å². The first kappa shape index (κ1) is 37.1. The quantitative estimate of drug-likeness (QED) is 0.181. The number of fused-ring (bicyclic) bond motifs is 1. The summed E-state index contributed by atoms with van der Waals surface area (Å²) in [5.74, 6) is -0.395. The highest BCUT2D eigenvalue weighted by molar-refractivity contribution is 7.93. The molecular formula is C35H42ClF3N10O3S. The van der Waals surface area contributed by atoms with E-state index in [2.05, 4.69) is 57.1 Å². The molecule has 2 aliphatic heterocycles. The molecule has 0 atom stereocenters. The van der Waals surface area contributed by atoms with Crippen molar-refractivity contribution in [2.45, 2.75) is 56.7 Å². The topological polar surface area (TPSA) is 132 Å². The molecule has 0 radical (unpaired) electrons. The van der Waals surface area contributed by atoms with Crippen LogP contribution in [0.2, 0.25) is 5.02 Å². The Morgan fingerprint density at radius 2 is 1.68 bits per heavy atom. The molecule has 2 aromatic carbocycles. The Hall–Kier alpha value is -4.19. The Balaban J connectivity index is 1.17. The van der Waals surface area contributed by atoms with Crippen LogP contribution in [0.5, 0.6) is 5.75 Å². The Morgan fingerprint density at radius 1 is 0.962 bits per heavy atom. The minimum atomic E-state index is -4.95. The summed E-state index contributed by atoms with van der Waals surface area (Å²) in [5, 5.41) is 5.62. The van der Waals surface area contributed by atoms with Crippen molar-refractivity contribution < 1.29 is 26.3 Å². The first-order valence-corrected chi connectivity index (χ1v) is 19.6. The second-order valence-corrected chi connectivity index (χ2v) is 16.3. The highest BCUT2D eigenvalue weighted by atomic mass is 35.5. The summed E-state index contributed by atoms with van der Waals surface area (Å²) in [6.07, 6.45) is 2.87. The van der Waals surface area contributed by atoms with Crippen molar-refractivity contribution in [3.05, 3.63) is 53.4 Å². The van der Waals surface area contributed by atoms with Crippen LogP contribution in [0, 0.1) is 0 Å². The van der Waals surface area contributed by atoms with Gasteiger partial charge in [0.15, 0.2) is 11.6 Å². The Morgan fingerprint density at radius 3 is 2.36 bits per heavy atom. The lowest BCUT2D eigenvalue weighted by Crippen LogP contribution is -2.52. The van der Waals surface area contributed by atoms with Crippen LogP contribution < -0.4 is 24.6 Å². The molecule has 1 aliphatic carbocycles. The molecule has 284 valence electrons. The van der Waals surface area contributed by atoms with Crippen LogP contribution in [0.3, 0.4) is 0 Å². The molecule has 7 rings (SSSR count). The second kappa shape index (κ2) is 14.9. The van der Waals surface area contributed by atoms with Crippen molar-refractivity contribution in [3.8, 4) is 5.75 Å². The number of hydrogen-bond acceptors (Lipinski definition) is 12. The summed E-state index contributed by atoms with van der Waals surface area (Å²) in [6, 6.07) is 6.86. The zero-order valence-corrected chi connectivity index (χ0v) is 31.3. The molecule has 2 saturated heterocycles. The van der Waals surface area contributed by atoms with Crippen molar-refractivity contribution in [3.63, 3.8) is 0 Å². The first-order valence-electron chi connectivity index (χ1n) is 17.7. The number of aromatic nitrogens is 4. The van der Waals surface area contributed by atoms with Gasteiger partial charge in [-0.25, -0.2) is 13.4 Å². The van der Waals surface area contributed by atoms with Crippen molar-refractivity contribution >= 4 is 67.2 Å². The van der Waals surface area contributed by atoms with Crippen LogP contribution in [0.4, 0.5) is 47.7 Å². The lowest BCUT2D eigenvalue weighted by atomic mass is 9.99. The fourth-order valence-electron chi connectivity index (χ4n) is 7.08. The summed E-state index contributed by atoms with van der Waals surface area (Å²) < 4.78 is 74.0. The van der Waals surface area contributed by atoms with E-state index < -0.39 is 27.4 Å². The predicted molar refractivity (Wildman–Crippen MR) is 200 cm³/mol. The van der Waals surface area contributed by atoms with Gasteiger partial charge in [0.1, 0.15) is 16.2 Å². The number of aryl methyl sites for hydroxylation is 1. The van der Waals surface area contributed by atoms with E-state index in [1.165, 1.54) is 36.0 Å². The molecule has 0 amide bonds. The van der Waals surface area contributed by atoms with E-state index in [1.807, 2.05) is 6.92 Å². The maximum atomic E-state index is 13.8. The van der Waals surface area contributed by atoms with E-state index in [1.54, 1.807) is 18.2 Å².